The number of benzene rings is 14. The van der Waals surface area contributed by atoms with Gasteiger partial charge in [-0.2, -0.15) is 4.98 Å². The summed E-state index contributed by atoms with van der Waals surface area (Å²) in [4.78, 5) is 11.7. The van der Waals surface area contributed by atoms with Gasteiger partial charge in [0.15, 0.2) is 16.1 Å². The number of rotatable bonds is 13. The third-order valence-corrected chi connectivity index (χ3v) is 29.3. The van der Waals surface area contributed by atoms with Gasteiger partial charge in [0.25, 0.3) is 0 Å². The van der Waals surface area contributed by atoms with Gasteiger partial charge in [-0.3, -0.25) is 9.13 Å². The molecule has 18 rings (SSSR count). The van der Waals surface area contributed by atoms with Gasteiger partial charge in [0.1, 0.15) is 5.82 Å². The van der Waals surface area contributed by atoms with E-state index in [4.69, 9.17) is 9.97 Å². The molecule has 4 heterocycles. The van der Waals surface area contributed by atoms with E-state index < -0.39 is 16.1 Å². The first-order valence-electron chi connectivity index (χ1n) is 32.6. The number of hydrogen-bond acceptors (Lipinski definition) is 2. The van der Waals surface area contributed by atoms with Crippen LogP contribution in [0.15, 0.2) is 370 Å². The van der Waals surface area contributed by atoms with Crippen LogP contribution in [0.2, 0.25) is 0 Å². The van der Waals surface area contributed by atoms with Gasteiger partial charge < -0.3 is 4.57 Å². The molecule has 7 heteroatoms. The Morgan fingerprint density at radius 3 is 1.11 bits per heavy atom. The molecule has 0 aliphatic heterocycles. The molecule has 0 atom stereocenters. The Morgan fingerprint density at radius 2 is 0.589 bits per heavy atom. The molecule has 0 N–H and O–H groups in total. The Bertz CT molecular complexity index is 5720. The molecule has 0 aliphatic rings. The number of aromatic nitrogens is 5. The fourth-order valence-corrected chi connectivity index (χ4v) is 25.3. The molecule has 5 nitrogen and oxygen atoms in total. The highest BCUT2D eigenvalue weighted by Gasteiger charge is 2.43. The van der Waals surface area contributed by atoms with Crippen molar-refractivity contribution in [3.05, 3.63) is 370 Å². The average molecular weight is 1240 g/mol. The van der Waals surface area contributed by atoms with Crippen molar-refractivity contribution in [2.45, 2.75) is 0 Å². The van der Waals surface area contributed by atoms with Gasteiger partial charge in [-0.25, -0.2) is 4.98 Å². The van der Waals surface area contributed by atoms with Crippen LogP contribution in [-0.4, -0.2) is 39.8 Å². The van der Waals surface area contributed by atoms with E-state index in [9.17, 15) is 0 Å². The van der Waals surface area contributed by atoms with Crippen LogP contribution in [-0.2, 0) is 0 Å². The largest absolute Gasteiger partial charge is 0.309 e. The maximum absolute atomic E-state index is 5.89. The first kappa shape index (κ1) is 55.8. The zero-order valence-corrected chi connectivity index (χ0v) is 54.0. The van der Waals surface area contributed by atoms with Gasteiger partial charge >= 0.3 is 0 Å². The fourth-order valence-electron chi connectivity index (χ4n) is 15.7. The molecule has 0 amide bonds. The molecule has 0 radical (unpaired) electrons. The van der Waals surface area contributed by atoms with Crippen molar-refractivity contribution in [2.24, 2.45) is 0 Å². The molecule has 0 spiro atoms. The van der Waals surface area contributed by atoms with E-state index in [2.05, 4.69) is 384 Å². The van der Waals surface area contributed by atoms with Crippen molar-refractivity contribution in [1.82, 2.24) is 23.7 Å². The summed E-state index contributed by atoms with van der Waals surface area (Å²) in [5.41, 5.74) is 11.7. The minimum Gasteiger partial charge on any atom is -0.309 e. The van der Waals surface area contributed by atoms with Gasteiger partial charge in [-0.05, 0) is 95.1 Å². The van der Waals surface area contributed by atoms with Gasteiger partial charge in [0.2, 0.25) is 5.95 Å². The van der Waals surface area contributed by atoms with Crippen molar-refractivity contribution in [3.8, 4) is 39.8 Å². The molecule has 0 saturated carbocycles. The fraction of sp³-hybridized carbons (Fsp3) is 0. The lowest BCUT2D eigenvalue weighted by Gasteiger charge is -2.35. The summed E-state index contributed by atoms with van der Waals surface area (Å²) in [5.74, 6) is 1.36. The van der Waals surface area contributed by atoms with Crippen LogP contribution >= 0.6 is 0 Å². The standard InChI is InChI=1S/C88H61N5Si2/c1-7-30-62(31-8-1)63-32-27-45-71(58-63)95(69-41-15-5-16-42-69,70-43-17-6-18-44-70)72-46-28-33-64(59-72)79-61-85(90-88(89-79)92-80-52-23-19-48-74(80)75-49-20-24-53-81(75)92)93-82-54-25-21-50-76(82)77-56-57-84-86(87(77)93)78-51-22-26-55-83(78)91(84)65-34-29-47-73(60-65)94(66-35-9-2-10-36-66,67-37-11-3-12-38-67)68-39-13-4-14-40-68/h1-61H. The molecule has 4 aromatic heterocycles. The quantitative estimate of drug-likeness (QED) is 0.0853. The number of para-hydroxylation sites is 4. The lowest BCUT2D eigenvalue weighted by molar-refractivity contribution is 0.953. The normalized spacial score (nSPS) is 12.0. The Labute approximate surface area is 553 Å². The lowest BCUT2D eigenvalue weighted by atomic mass is 10.1. The minimum atomic E-state index is -3.11. The smallest absolute Gasteiger partial charge is 0.237 e. The van der Waals surface area contributed by atoms with Crippen molar-refractivity contribution < 1.29 is 0 Å². The topological polar surface area (TPSA) is 40.6 Å². The second kappa shape index (κ2) is 23.0. The van der Waals surface area contributed by atoms with Crippen molar-refractivity contribution in [1.29, 1.82) is 0 Å². The average Bonchev–Trinajstić information content (AvgIpc) is 1.59. The van der Waals surface area contributed by atoms with Crippen LogP contribution in [0, 0.1) is 0 Å². The molecule has 18 aromatic rings. The molecule has 14 aromatic carbocycles. The summed E-state index contributed by atoms with van der Waals surface area (Å²) < 4.78 is 7.21. The zero-order chi connectivity index (χ0) is 62.9. The highest BCUT2D eigenvalue weighted by molar-refractivity contribution is 7.20. The highest BCUT2D eigenvalue weighted by atomic mass is 28.3. The Balaban J connectivity index is 0.910. The second-order valence-corrected chi connectivity index (χ2v) is 32.4. The first-order valence-corrected chi connectivity index (χ1v) is 36.6. The van der Waals surface area contributed by atoms with Crippen molar-refractivity contribution in [2.75, 3.05) is 0 Å². The monoisotopic (exact) mass is 1240 g/mol. The van der Waals surface area contributed by atoms with Crippen LogP contribution in [0.25, 0.3) is 105 Å². The molecular formula is C88H61N5Si2. The van der Waals surface area contributed by atoms with Crippen LogP contribution in [0.5, 0.6) is 0 Å². The Hall–Kier alpha value is -12.0. The van der Waals surface area contributed by atoms with Gasteiger partial charge in [0.05, 0.1) is 38.8 Å². The third-order valence-electron chi connectivity index (χ3n) is 19.7. The molecule has 0 saturated heterocycles. The molecule has 0 bridgehead atoms. The zero-order valence-electron chi connectivity index (χ0n) is 52.0. The number of nitrogens with zero attached hydrogens (tertiary/aromatic N) is 5. The maximum Gasteiger partial charge on any atom is 0.237 e. The summed E-state index contributed by atoms with van der Waals surface area (Å²) >= 11 is 0. The van der Waals surface area contributed by atoms with E-state index in [1.807, 2.05) is 0 Å². The molecule has 95 heavy (non-hydrogen) atoms. The first-order chi connectivity index (χ1) is 47.1. The van der Waals surface area contributed by atoms with E-state index in [0.29, 0.717) is 5.95 Å². The summed E-state index contributed by atoms with van der Waals surface area (Å²) in [5, 5.41) is 17.4. The predicted molar refractivity (Wildman–Crippen MR) is 403 cm³/mol. The molecule has 446 valence electrons. The predicted octanol–water partition coefficient (Wildman–Crippen LogP) is 15.9. The minimum absolute atomic E-state index is 0.589. The van der Waals surface area contributed by atoms with Gasteiger partial charge in [0, 0.05) is 49.6 Å². The van der Waals surface area contributed by atoms with E-state index in [1.165, 1.54) is 52.6 Å². The summed E-state index contributed by atoms with van der Waals surface area (Å²) in [6.07, 6.45) is 0. The van der Waals surface area contributed by atoms with Crippen LogP contribution in [0.4, 0.5) is 0 Å². The highest BCUT2D eigenvalue weighted by Crippen LogP contribution is 2.43. The van der Waals surface area contributed by atoms with Crippen molar-refractivity contribution in [3.63, 3.8) is 0 Å². The second-order valence-electron chi connectivity index (χ2n) is 24.8. The Morgan fingerprint density at radius 1 is 0.221 bits per heavy atom. The van der Waals surface area contributed by atoms with Gasteiger partial charge in [-0.15, -0.1) is 0 Å². The van der Waals surface area contributed by atoms with Crippen molar-refractivity contribution >= 4 is 123 Å². The summed E-state index contributed by atoms with van der Waals surface area (Å²) in [6, 6.07) is 137. The molecule has 0 fully saturated rings. The molecule has 0 unspecified atom stereocenters. The number of fused-ring (bicyclic) bond motifs is 10. The maximum atomic E-state index is 5.89. The van der Waals surface area contributed by atoms with Crippen LogP contribution < -0.4 is 41.5 Å². The number of hydrogen-bond donors (Lipinski definition) is 0. The molecular weight excluding hydrogens is 1180 g/mol. The van der Waals surface area contributed by atoms with E-state index in [-0.39, 0.29) is 0 Å². The SMILES string of the molecule is c1ccc(-c2cccc([Si](c3ccccc3)(c3ccccc3)c3cccc(-c4cc(-n5c6ccccc6c6ccc7c(c8ccccc8n7-c7cccc([Si](c8ccccc8)(c8ccccc8)c8ccccc8)c7)c65)nc(-n5c6ccccc6c6ccccc65)n4)c3)c2)cc1. The lowest BCUT2D eigenvalue weighted by Crippen LogP contribution is -2.74. The van der Waals surface area contributed by atoms with Crippen LogP contribution in [0.1, 0.15) is 0 Å². The van der Waals surface area contributed by atoms with Gasteiger partial charge in [-0.1, -0.05) is 322 Å². The summed E-state index contributed by atoms with van der Waals surface area (Å²) in [7, 11) is -6.02. The van der Waals surface area contributed by atoms with E-state index >= 15 is 0 Å². The third kappa shape index (κ3) is 8.89. The molecule has 0 aliphatic carbocycles. The van der Waals surface area contributed by atoms with Crippen LogP contribution in [0.3, 0.4) is 0 Å². The van der Waals surface area contributed by atoms with E-state index in [0.717, 1.165) is 88.2 Å². The summed E-state index contributed by atoms with van der Waals surface area (Å²) in [6.45, 7) is 0. The Kier molecular flexibility index (Phi) is 13.5. The van der Waals surface area contributed by atoms with E-state index in [1.54, 1.807) is 0 Å².